The van der Waals surface area contributed by atoms with E-state index in [1.807, 2.05) is 53.4 Å². The number of methoxy groups -OCH3 is 1. The van der Waals surface area contributed by atoms with Crippen molar-refractivity contribution >= 4 is 34.2 Å². The van der Waals surface area contributed by atoms with E-state index in [-0.39, 0.29) is 5.91 Å². The number of halogens is 1. The maximum absolute atomic E-state index is 12.6. The van der Waals surface area contributed by atoms with Crippen molar-refractivity contribution < 1.29 is 9.53 Å². The molecule has 0 bridgehead atoms. The molecule has 2 aromatic carbocycles. The van der Waals surface area contributed by atoms with Crippen molar-refractivity contribution in [2.24, 2.45) is 0 Å². The van der Waals surface area contributed by atoms with E-state index >= 15 is 0 Å². The summed E-state index contributed by atoms with van der Waals surface area (Å²) in [6, 6.07) is 15.4. The van der Waals surface area contributed by atoms with Crippen LogP contribution >= 0.6 is 23.1 Å². The van der Waals surface area contributed by atoms with Gasteiger partial charge in [0.05, 0.1) is 13.5 Å². The Bertz CT molecular complexity index is 983. The highest BCUT2D eigenvalue weighted by atomic mass is 35.5. The minimum atomic E-state index is 0.153. The molecular formula is C22H23ClN4O2S. The molecule has 1 amide bonds. The van der Waals surface area contributed by atoms with Gasteiger partial charge in [-0.1, -0.05) is 35.9 Å². The van der Waals surface area contributed by atoms with Crippen LogP contribution in [0.15, 0.2) is 48.5 Å². The fraction of sp³-hybridized carbons (Fsp3) is 0.318. The van der Waals surface area contributed by atoms with Gasteiger partial charge in [0.25, 0.3) is 0 Å². The number of amides is 1. The van der Waals surface area contributed by atoms with Crippen LogP contribution in [-0.4, -0.2) is 53.5 Å². The largest absolute Gasteiger partial charge is 0.497 e. The van der Waals surface area contributed by atoms with E-state index in [4.69, 9.17) is 21.3 Å². The van der Waals surface area contributed by atoms with Crippen LogP contribution in [-0.2, 0) is 17.6 Å². The number of nitrogens with zero attached hydrogens (tertiary/aromatic N) is 4. The van der Waals surface area contributed by atoms with Crippen molar-refractivity contribution in [1.29, 1.82) is 0 Å². The minimum absolute atomic E-state index is 0.153. The molecular weight excluding hydrogens is 420 g/mol. The molecule has 0 N–H and O–H groups in total. The molecule has 156 valence electrons. The number of aromatic nitrogens is 2. The molecule has 3 aromatic rings. The quantitative estimate of drug-likeness (QED) is 0.582. The summed E-state index contributed by atoms with van der Waals surface area (Å²) in [5.41, 5.74) is 2.14. The van der Waals surface area contributed by atoms with Gasteiger partial charge in [-0.2, -0.15) is 4.37 Å². The molecule has 1 aliphatic rings. The highest BCUT2D eigenvalue weighted by Gasteiger charge is 2.23. The number of piperazine rings is 1. The zero-order valence-electron chi connectivity index (χ0n) is 16.8. The highest BCUT2D eigenvalue weighted by Crippen LogP contribution is 2.21. The van der Waals surface area contributed by atoms with Gasteiger partial charge < -0.3 is 14.5 Å². The maximum atomic E-state index is 12.6. The third kappa shape index (κ3) is 5.09. The van der Waals surface area contributed by atoms with Crippen LogP contribution in [0.1, 0.15) is 17.0 Å². The Morgan fingerprint density at radius 1 is 1.03 bits per heavy atom. The first-order valence-corrected chi connectivity index (χ1v) is 11.0. The summed E-state index contributed by atoms with van der Waals surface area (Å²) in [6.07, 6.45) is 1.10. The lowest BCUT2D eigenvalue weighted by atomic mass is 10.1. The van der Waals surface area contributed by atoms with E-state index in [2.05, 4.69) is 9.27 Å². The Morgan fingerprint density at radius 3 is 2.37 bits per heavy atom. The topological polar surface area (TPSA) is 58.6 Å². The maximum Gasteiger partial charge on any atom is 0.227 e. The summed E-state index contributed by atoms with van der Waals surface area (Å²) in [5, 5.41) is 1.64. The Labute approximate surface area is 185 Å². The molecule has 2 heterocycles. The average Bonchev–Trinajstić information content (AvgIpc) is 3.24. The summed E-state index contributed by atoms with van der Waals surface area (Å²) >= 11 is 7.36. The first-order valence-electron chi connectivity index (χ1n) is 9.83. The van der Waals surface area contributed by atoms with Gasteiger partial charge in [-0.3, -0.25) is 4.79 Å². The molecule has 0 spiro atoms. The molecule has 0 radical (unpaired) electrons. The molecule has 0 saturated carbocycles. The van der Waals surface area contributed by atoms with Crippen molar-refractivity contribution in [3.05, 3.63) is 70.5 Å². The van der Waals surface area contributed by atoms with Crippen molar-refractivity contribution in [2.75, 3.05) is 38.2 Å². The molecule has 4 rings (SSSR count). The lowest BCUT2D eigenvalue weighted by Gasteiger charge is -2.34. The van der Waals surface area contributed by atoms with Crippen LogP contribution in [0.4, 0.5) is 5.13 Å². The van der Waals surface area contributed by atoms with Crippen molar-refractivity contribution in [3.63, 3.8) is 0 Å². The van der Waals surface area contributed by atoms with Crippen molar-refractivity contribution in [3.8, 4) is 5.75 Å². The molecule has 6 nitrogen and oxygen atoms in total. The number of carbonyl (C=O) groups is 1. The molecule has 30 heavy (non-hydrogen) atoms. The third-order valence-corrected chi connectivity index (χ3v) is 6.22. The van der Waals surface area contributed by atoms with E-state index < -0.39 is 0 Å². The number of benzene rings is 2. The first-order chi connectivity index (χ1) is 14.6. The second kappa shape index (κ2) is 9.45. The standard InChI is InChI=1S/C22H23ClN4O2S/c1-29-19-8-4-17(5-9-19)15-21(28)26-10-12-27(13-11-26)22-24-20(25-30-22)14-16-2-6-18(23)7-3-16/h2-9H,10-15H2,1H3. The van der Waals surface area contributed by atoms with Crippen molar-refractivity contribution in [1.82, 2.24) is 14.3 Å². The second-order valence-electron chi connectivity index (χ2n) is 7.19. The normalized spacial score (nSPS) is 14.1. The monoisotopic (exact) mass is 442 g/mol. The van der Waals surface area contributed by atoms with Gasteiger partial charge in [0.2, 0.25) is 11.0 Å². The summed E-state index contributed by atoms with van der Waals surface area (Å²) < 4.78 is 9.67. The van der Waals surface area contributed by atoms with E-state index in [0.717, 1.165) is 45.9 Å². The van der Waals surface area contributed by atoms with E-state index in [9.17, 15) is 4.79 Å². The molecule has 1 aliphatic heterocycles. The van der Waals surface area contributed by atoms with E-state index in [1.165, 1.54) is 11.5 Å². The van der Waals surface area contributed by atoms with Gasteiger partial charge in [0.1, 0.15) is 11.6 Å². The number of rotatable bonds is 6. The van der Waals surface area contributed by atoms with Crippen LogP contribution in [0.25, 0.3) is 0 Å². The van der Waals surface area contributed by atoms with Gasteiger partial charge in [-0.15, -0.1) is 0 Å². The minimum Gasteiger partial charge on any atom is -0.497 e. The number of anilines is 1. The zero-order valence-corrected chi connectivity index (χ0v) is 18.3. The number of hydrogen-bond donors (Lipinski definition) is 0. The van der Waals surface area contributed by atoms with E-state index in [0.29, 0.717) is 25.9 Å². The van der Waals surface area contributed by atoms with Gasteiger partial charge >= 0.3 is 0 Å². The van der Waals surface area contributed by atoms with Gasteiger partial charge in [0, 0.05) is 49.2 Å². The SMILES string of the molecule is COc1ccc(CC(=O)N2CCN(c3nc(Cc4ccc(Cl)cc4)ns3)CC2)cc1. The smallest absolute Gasteiger partial charge is 0.227 e. The number of carbonyl (C=O) groups excluding carboxylic acids is 1. The summed E-state index contributed by atoms with van der Waals surface area (Å²) in [4.78, 5) is 21.5. The molecule has 1 fully saturated rings. The first kappa shape index (κ1) is 20.6. The molecule has 8 heteroatoms. The fourth-order valence-electron chi connectivity index (χ4n) is 3.41. The van der Waals surface area contributed by atoms with Crippen LogP contribution in [0.3, 0.4) is 0 Å². The van der Waals surface area contributed by atoms with Crippen LogP contribution in [0.5, 0.6) is 5.75 Å². The average molecular weight is 443 g/mol. The highest BCUT2D eigenvalue weighted by molar-refractivity contribution is 7.09. The second-order valence-corrected chi connectivity index (χ2v) is 8.36. The summed E-state index contributed by atoms with van der Waals surface area (Å²) in [6.45, 7) is 2.93. The number of ether oxygens (including phenoxy) is 1. The molecule has 1 saturated heterocycles. The number of hydrogen-bond acceptors (Lipinski definition) is 6. The summed E-state index contributed by atoms with van der Waals surface area (Å²) in [5.74, 6) is 1.77. The van der Waals surface area contributed by atoms with Gasteiger partial charge in [0.15, 0.2) is 0 Å². The van der Waals surface area contributed by atoms with Crippen LogP contribution < -0.4 is 9.64 Å². The zero-order chi connectivity index (χ0) is 20.9. The predicted molar refractivity (Wildman–Crippen MR) is 120 cm³/mol. The Morgan fingerprint density at radius 2 is 1.70 bits per heavy atom. The molecule has 0 unspecified atom stereocenters. The lowest BCUT2D eigenvalue weighted by Crippen LogP contribution is -2.49. The van der Waals surface area contributed by atoms with Crippen molar-refractivity contribution in [2.45, 2.75) is 12.8 Å². The third-order valence-electron chi connectivity index (χ3n) is 5.15. The molecule has 1 aromatic heterocycles. The molecule has 0 atom stereocenters. The van der Waals surface area contributed by atoms with E-state index in [1.54, 1.807) is 7.11 Å². The van der Waals surface area contributed by atoms with Gasteiger partial charge in [-0.25, -0.2) is 4.98 Å². The van der Waals surface area contributed by atoms with Crippen LogP contribution in [0, 0.1) is 0 Å². The Balaban J connectivity index is 1.29. The predicted octanol–water partition coefficient (Wildman–Crippen LogP) is 3.68. The Hall–Kier alpha value is -2.64. The summed E-state index contributed by atoms with van der Waals surface area (Å²) in [7, 11) is 1.64. The fourth-order valence-corrected chi connectivity index (χ4v) is 4.27. The van der Waals surface area contributed by atoms with Crippen LogP contribution in [0.2, 0.25) is 5.02 Å². The van der Waals surface area contributed by atoms with Gasteiger partial charge in [-0.05, 0) is 35.4 Å². The lowest BCUT2D eigenvalue weighted by molar-refractivity contribution is -0.130. The Kier molecular flexibility index (Phi) is 6.50. The molecule has 0 aliphatic carbocycles.